The number of thiazole rings is 1. The molecule has 1 atom stereocenters. The highest BCUT2D eigenvalue weighted by molar-refractivity contribution is 7.15. The molecule has 0 radical (unpaired) electrons. The van der Waals surface area contributed by atoms with Crippen LogP contribution in [0, 0.1) is 15.5 Å². The van der Waals surface area contributed by atoms with E-state index in [2.05, 4.69) is 30.7 Å². The van der Waals surface area contributed by atoms with E-state index in [0.29, 0.717) is 16.8 Å². The lowest BCUT2D eigenvalue weighted by molar-refractivity contribution is -0.389. The number of nitrogens with zero attached hydrogens (tertiary/aromatic N) is 4. The molecule has 1 aliphatic rings. The molecular formula is C14H20N4O2S. The van der Waals surface area contributed by atoms with Gasteiger partial charge >= 0.3 is 5.82 Å². The van der Waals surface area contributed by atoms with Crippen LogP contribution in [0.1, 0.15) is 40.0 Å². The fourth-order valence-electron chi connectivity index (χ4n) is 3.16. The Morgan fingerprint density at radius 1 is 1.52 bits per heavy atom. The third-order valence-electron chi connectivity index (χ3n) is 3.89. The van der Waals surface area contributed by atoms with Crippen LogP contribution in [0.2, 0.25) is 0 Å². The van der Waals surface area contributed by atoms with Crippen molar-refractivity contribution in [3.05, 3.63) is 21.7 Å². The maximum absolute atomic E-state index is 11.5. The molecule has 3 heterocycles. The third-order valence-corrected chi connectivity index (χ3v) is 4.65. The summed E-state index contributed by atoms with van der Waals surface area (Å²) in [5.74, 6) is 0.644. The molecule has 0 aromatic carbocycles. The number of nitro groups is 1. The summed E-state index contributed by atoms with van der Waals surface area (Å²) in [5, 5.41) is 13.3. The first kappa shape index (κ1) is 14.3. The van der Waals surface area contributed by atoms with E-state index in [9.17, 15) is 10.1 Å². The highest BCUT2D eigenvalue weighted by atomic mass is 32.1. The Labute approximate surface area is 127 Å². The van der Waals surface area contributed by atoms with Crippen molar-refractivity contribution in [2.75, 3.05) is 11.4 Å². The second kappa shape index (κ2) is 4.98. The second-order valence-electron chi connectivity index (χ2n) is 6.83. The van der Waals surface area contributed by atoms with Crippen LogP contribution in [0.15, 0.2) is 11.6 Å². The minimum absolute atomic E-state index is 0.104. The Kier molecular flexibility index (Phi) is 3.39. The van der Waals surface area contributed by atoms with E-state index in [1.807, 2.05) is 5.38 Å². The number of fused-ring (bicyclic) bond motifs is 1. The smallest absolute Gasteiger partial charge is 0.358 e. The van der Waals surface area contributed by atoms with Gasteiger partial charge in [-0.15, -0.1) is 0 Å². The minimum Gasteiger partial charge on any atom is -0.358 e. The van der Waals surface area contributed by atoms with Crippen molar-refractivity contribution in [3.63, 3.8) is 0 Å². The summed E-state index contributed by atoms with van der Waals surface area (Å²) < 4.78 is 1.59. The molecule has 3 rings (SSSR count). The topological polar surface area (TPSA) is 63.7 Å². The largest absolute Gasteiger partial charge is 0.373 e. The van der Waals surface area contributed by atoms with Crippen molar-refractivity contribution in [2.24, 2.45) is 5.41 Å². The van der Waals surface area contributed by atoms with E-state index >= 15 is 0 Å². The Hall–Kier alpha value is -1.63. The van der Waals surface area contributed by atoms with Crippen LogP contribution in [-0.2, 0) is 0 Å². The summed E-state index contributed by atoms with van der Waals surface area (Å²) in [6.07, 6.45) is 4.90. The average Bonchev–Trinajstić information content (AvgIpc) is 2.98. The molecule has 0 aliphatic carbocycles. The van der Waals surface area contributed by atoms with Gasteiger partial charge in [-0.3, -0.25) is 0 Å². The molecule has 1 aliphatic heterocycles. The van der Waals surface area contributed by atoms with E-state index in [1.165, 1.54) is 11.3 Å². The molecule has 0 N–H and O–H groups in total. The molecule has 0 unspecified atom stereocenters. The molecule has 0 spiro atoms. The van der Waals surface area contributed by atoms with Crippen molar-refractivity contribution >= 4 is 27.9 Å². The molecule has 2 aromatic heterocycles. The van der Waals surface area contributed by atoms with E-state index in [0.717, 1.165) is 25.8 Å². The zero-order valence-electron chi connectivity index (χ0n) is 12.6. The third kappa shape index (κ3) is 2.62. The van der Waals surface area contributed by atoms with E-state index < -0.39 is 0 Å². The maximum atomic E-state index is 11.5. The standard InChI is InChI=1S/C14H20N4O2S/c1-14(2,3)9-10-5-4-6-16(10)11-12(18(19)20)17-7-8-21-13(17)15-11/h7-8,10H,4-6,9H2,1-3H3/t10-/m0/s1. The molecule has 7 heteroatoms. The first-order chi connectivity index (χ1) is 9.87. The van der Waals surface area contributed by atoms with Crippen LogP contribution in [0.4, 0.5) is 11.6 Å². The van der Waals surface area contributed by atoms with Gasteiger partial charge in [-0.25, -0.2) is 0 Å². The molecule has 0 amide bonds. The van der Waals surface area contributed by atoms with Gasteiger partial charge in [0.15, 0.2) is 0 Å². The van der Waals surface area contributed by atoms with E-state index in [4.69, 9.17) is 0 Å². The zero-order valence-corrected chi connectivity index (χ0v) is 13.4. The van der Waals surface area contributed by atoms with Gasteiger partial charge in [0.1, 0.15) is 6.20 Å². The van der Waals surface area contributed by atoms with Gasteiger partial charge in [-0.1, -0.05) is 32.1 Å². The van der Waals surface area contributed by atoms with Crippen LogP contribution in [0.3, 0.4) is 0 Å². The lowest BCUT2D eigenvalue weighted by Crippen LogP contribution is -2.33. The Bertz CT molecular complexity index is 670. The minimum atomic E-state index is -0.311. The van der Waals surface area contributed by atoms with Crippen molar-refractivity contribution in [1.29, 1.82) is 0 Å². The van der Waals surface area contributed by atoms with Crippen molar-refractivity contribution in [2.45, 2.75) is 46.1 Å². The lowest BCUT2D eigenvalue weighted by atomic mass is 9.87. The molecule has 1 fully saturated rings. The van der Waals surface area contributed by atoms with Gasteiger partial charge in [0.05, 0.1) is 0 Å². The van der Waals surface area contributed by atoms with Crippen molar-refractivity contribution in [3.8, 4) is 0 Å². The number of rotatable bonds is 3. The Morgan fingerprint density at radius 2 is 2.29 bits per heavy atom. The van der Waals surface area contributed by atoms with Gasteiger partial charge in [-0.05, 0) is 29.6 Å². The summed E-state index contributed by atoms with van der Waals surface area (Å²) in [7, 11) is 0. The van der Waals surface area contributed by atoms with Crippen molar-refractivity contribution < 1.29 is 4.92 Å². The molecular weight excluding hydrogens is 288 g/mol. The van der Waals surface area contributed by atoms with Crippen LogP contribution >= 0.6 is 11.3 Å². The Balaban J connectivity index is 2.00. The maximum Gasteiger partial charge on any atom is 0.373 e. The highest BCUT2D eigenvalue weighted by Crippen LogP contribution is 2.38. The van der Waals surface area contributed by atoms with Gasteiger partial charge < -0.3 is 15.0 Å². The molecule has 21 heavy (non-hydrogen) atoms. The number of imidazole rings is 1. The summed E-state index contributed by atoms with van der Waals surface area (Å²) in [4.78, 5) is 18.5. The summed E-state index contributed by atoms with van der Waals surface area (Å²) in [6, 6.07) is 0.341. The van der Waals surface area contributed by atoms with Gasteiger partial charge in [0.2, 0.25) is 5.82 Å². The van der Waals surface area contributed by atoms with Crippen molar-refractivity contribution in [1.82, 2.24) is 9.38 Å². The van der Waals surface area contributed by atoms with E-state index in [-0.39, 0.29) is 16.2 Å². The fourth-order valence-corrected chi connectivity index (χ4v) is 3.86. The van der Waals surface area contributed by atoms with Crippen LogP contribution in [0.5, 0.6) is 0 Å². The first-order valence-corrected chi connectivity index (χ1v) is 8.11. The van der Waals surface area contributed by atoms with Gasteiger partial charge in [-0.2, -0.15) is 9.38 Å². The normalized spacial score (nSPS) is 19.6. The number of hydrogen-bond donors (Lipinski definition) is 0. The zero-order chi connectivity index (χ0) is 15.2. The monoisotopic (exact) mass is 308 g/mol. The molecule has 1 saturated heterocycles. The number of anilines is 1. The number of hydrogen-bond acceptors (Lipinski definition) is 5. The molecule has 2 aromatic rings. The number of aromatic nitrogens is 2. The van der Waals surface area contributed by atoms with Crippen LogP contribution in [0.25, 0.3) is 4.96 Å². The average molecular weight is 308 g/mol. The summed E-state index contributed by atoms with van der Waals surface area (Å²) in [6.45, 7) is 7.49. The SMILES string of the molecule is CC(C)(C)C[C@@H]1CCCN1c1nc2sccn2c1[N+](=O)[O-]. The quantitative estimate of drug-likeness (QED) is 0.640. The summed E-state index contributed by atoms with van der Waals surface area (Å²) in [5.41, 5.74) is 0.207. The summed E-state index contributed by atoms with van der Waals surface area (Å²) >= 11 is 1.43. The van der Waals surface area contributed by atoms with Crippen LogP contribution < -0.4 is 4.90 Å². The van der Waals surface area contributed by atoms with Gasteiger partial charge in [0, 0.05) is 18.0 Å². The fraction of sp³-hybridized carbons (Fsp3) is 0.643. The van der Waals surface area contributed by atoms with E-state index in [1.54, 1.807) is 10.6 Å². The predicted molar refractivity (Wildman–Crippen MR) is 84.2 cm³/mol. The van der Waals surface area contributed by atoms with Crippen LogP contribution in [-0.4, -0.2) is 26.9 Å². The predicted octanol–water partition coefficient (Wildman–Crippen LogP) is 3.71. The van der Waals surface area contributed by atoms with Gasteiger partial charge in [0.25, 0.3) is 4.96 Å². The molecule has 6 nitrogen and oxygen atoms in total. The Morgan fingerprint density at radius 3 is 2.95 bits per heavy atom. The second-order valence-corrected chi connectivity index (χ2v) is 7.70. The highest BCUT2D eigenvalue weighted by Gasteiger charge is 2.36. The lowest BCUT2D eigenvalue weighted by Gasteiger charge is -2.30. The first-order valence-electron chi connectivity index (χ1n) is 7.23. The molecule has 0 bridgehead atoms. The molecule has 114 valence electrons. The molecule has 0 saturated carbocycles.